The Kier molecular flexibility index (Phi) is 6.18. The number of nitrogens with zero attached hydrogens (tertiary/aromatic N) is 3. The van der Waals surface area contributed by atoms with Crippen LogP contribution in [0.4, 0.5) is 4.39 Å². The highest BCUT2D eigenvalue weighted by Gasteiger charge is 2.17. The average molecular weight is 474 g/mol. The van der Waals surface area contributed by atoms with Crippen molar-refractivity contribution < 1.29 is 19.0 Å². The van der Waals surface area contributed by atoms with Crippen LogP contribution >= 0.6 is 23.1 Å². The van der Waals surface area contributed by atoms with Crippen LogP contribution in [0.2, 0.25) is 0 Å². The van der Waals surface area contributed by atoms with Gasteiger partial charge >= 0.3 is 0 Å². The summed E-state index contributed by atoms with van der Waals surface area (Å²) in [5.74, 6) is 0.473. The van der Waals surface area contributed by atoms with Gasteiger partial charge in [0.25, 0.3) is 5.56 Å². The van der Waals surface area contributed by atoms with Crippen LogP contribution < -0.4 is 15.0 Å². The van der Waals surface area contributed by atoms with Crippen molar-refractivity contribution in [3.05, 3.63) is 65.0 Å². The highest BCUT2D eigenvalue weighted by Crippen LogP contribution is 2.34. The molecule has 2 aromatic heterocycles. The third kappa shape index (κ3) is 4.77. The van der Waals surface area contributed by atoms with Crippen LogP contribution in [0.25, 0.3) is 15.9 Å². The van der Waals surface area contributed by atoms with Crippen molar-refractivity contribution in [3.63, 3.8) is 0 Å². The quantitative estimate of drug-likeness (QED) is 0.428. The molecule has 0 spiro atoms. The Morgan fingerprint density at radius 3 is 2.78 bits per heavy atom. The van der Waals surface area contributed by atoms with Crippen molar-refractivity contribution in [1.82, 2.24) is 14.5 Å². The predicted molar refractivity (Wildman–Crippen MR) is 122 cm³/mol. The van der Waals surface area contributed by atoms with E-state index in [9.17, 15) is 14.3 Å². The Morgan fingerprint density at radius 2 is 2.06 bits per heavy atom. The molecule has 32 heavy (non-hydrogen) atoms. The molecule has 0 fully saturated rings. The number of thiazole rings is 1. The van der Waals surface area contributed by atoms with E-state index in [1.54, 1.807) is 50.4 Å². The van der Waals surface area contributed by atoms with E-state index in [-0.39, 0.29) is 22.7 Å². The number of fused-ring (bicyclic) bond motifs is 1. The minimum absolute atomic E-state index is 0.0848. The van der Waals surface area contributed by atoms with E-state index in [0.29, 0.717) is 26.2 Å². The van der Waals surface area contributed by atoms with E-state index in [2.05, 4.69) is 9.97 Å². The summed E-state index contributed by atoms with van der Waals surface area (Å²) in [4.78, 5) is 21.6. The first-order chi connectivity index (χ1) is 15.2. The number of ether oxygens (including phenoxy) is 2. The van der Waals surface area contributed by atoms with Crippen LogP contribution in [0.5, 0.6) is 11.5 Å². The Balaban J connectivity index is 1.64. The topological polar surface area (TPSA) is 86.5 Å². The maximum atomic E-state index is 13.9. The van der Waals surface area contributed by atoms with Crippen LogP contribution in [0.15, 0.2) is 63.0 Å². The maximum Gasteiger partial charge on any atom is 0.288 e. The van der Waals surface area contributed by atoms with Gasteiger partial charge < -0.3 is 14.6 Å². The number of para-hydroxylation sites is 1. The molecular weight excluding hydrogens is 453 g/mol. The lowest BCUT2D eigenvalue weighted by molar-refractivity contribution is 0.0276. The van der Waals surface area contributed by atoms with Gasteiger partial charge in [-0.1, -0.05) is 6.07 Å². The molecule has 10 heteroatoms. The normalized spacial score (nSPS) is 11.7. The molecule has 0 unspecified atom stereocenters. The Hall–Kier alpha value is -2.95. The van der Waals surface area contributed by atoms with E-state index in [1.807, 2.05) is 0 Å². The summed E-state index contributed by atoms with van der Waals surface area (Å²) in [7, 11) is 1.50. The van der Waals surface area contributed by atoms with Crippen LogP contribution in [-0.4, -0.2) is 39.0 Å². The lowest BCUT2D eigenvalue weighted by Gasteiger charge is -2.19. The number of hydrogen-bond acceptors (Lipinski definition) is 8. The van der Waals surface area contributed by atoms with Crippen molar-refractivity contribution in [2.75, 3.05) is 13.7 Å². The summed E-state index contributed by atoms with van der Waals surface area (Å²) < 4.78 is 27.6. The number of hydrogen-bond donors (Lipinski definition) is 1. The van der Waals surface area contributed by atoms with Gasteiger partial charge in [-0.15, -0.1) is 11.3 Å². The standard InChI is InChI=1S/C22H20FN3O4S2/c1-22(2,28)12-30-15-8-7-13(11-16(15)29-3)26-10-9-24-19(20(26)27)32-21-25-18-14(23)5-4-6-17(18)31-21/h4-11,28H,12H2,1-3H3. The fraction of sp³-hybridized carbons (Fsp3) is 0.227. The molecule has 0 atom stereocenters. The zero-order chi connectivity index (χ0) is 22.9. The molecule has 1 N–H and O–H groups in total. The largest absolute Gasteiger partial charge is 0.493 e. The molecule has 2 heterocycles. The highest BCUT2D eigenvalue weighted by molar-refractivity contribution is 8.01. The fourth-order valence-corrected chi connectivity index (χ4v) is 4.85. The minimum atomic E-state index is -0.999. The second-order valence-corrected chi connectivity index (χ2v) is 9.78. The molecule has 4 rings (SSSR count). The van der Waals surface area contributed by atoms with Gasteiger partial charge in [0.2, 0.25) is 0 Å². The third-order valence-electron chi connectivity index (χ3n) is 4.35. The Bertz CT molecular complexity index is 1330. The van der Waals surface area contributed by atoms with Crippen molar-refractivity contribution in [3.8, 4) is 17.2 Å². The molecule has 4 aromatic rings. The summed E-state index contributed by atoms with van der Waals surface area (Å²) in [6.07, 6.45) is 3.07. The molecular formula is C22H20FN3O4S2. The SMILES string of the molecule is COc1cc(-n2ccnc(Sc3nc4c(F)cccc4s3)c2=O)ccc1OCC(C)(C)O. The Labute approximate surface area is 191 Å². The van der Waals surface area contributed by atoms with Gasteiger partial charge in [0, 0.05) is 18.5 Å². The number of aromatic nitrogens is 3. The van der Waals surface area contributed by atoms with Crippen LogP contribution in [-0.2, 0) is 0 Å². The lowest BCUT2D eigenvalue weighted by Crippen LogP contribution is -2.28. The van der Waals surface area contributed by atoms with Crippen molar-refractivity contribution in [2.45, 2.75) is 28.8 Å². The molecule has 0 aliphatic heterocycles. The van der Waals surface area contributed by atoms with E-state index >= 15 is 0 Å². The molecule has 166 valence electrons. The summed E-state index contributed by atoms with van der Waals surface area (Å²) in [5, 5.41) is 10.1. The average Bonchev–Trinajstić information content (AvgIpc) is 3.17. The van der Waals surface area contributed by atoms with E-state index in [1.165, 1.54) is 35.3 Å². The van der Waals surface area contributed by atoms with Crippen LogP contribution in [0.1, 0.15) is 13.8 Å². The summed E-state index contributed by atoms with van der Waals surface area (Å²) >= 11 is 2.39. The first-order valence-electron chi connectivity index (χ1n) is 9.59. The molecule has 2 aromatic carbocycles. The number of aliphatic hydroxyl groups is 1. The number of rotatable bonds is 7. The maximum absolute atomic E-state index is 13.9. The molecule has 0 saturated heterocycles. The highest BCUT2D eigenvalue weighted by atomic mass is 32.2. The molecule has 0 saturated carbocycles. The molecule has 0 aliphatic rings. The lowest BCUT2D eigenvalue weighted by atomic mass is 10.2. The monoisotopic (exact) mass is 473 g/mol. The molecule has 7 nitrogen and oxygen atoms in total. The van der Waals surface area contributed by atoms with Crippen molar-refractivity contribution in [2.24, 2.45) is 0 Å². The van der Waals surface area contributed by atoms with Crippen LogP contribution in [0, 0.1) is 5.82 Å². The van der Waals surface area contributed by atoms with Gasteiger partial charge in [0.1, 0.15) is 17.9 Å². The third-order valence-corrected chi connectivity index (χ3v) is 6.40. The minimum Gasteiger partial charge on any atom is -0.493 e. The predicted octanol–water partition coefficient (Wildman–Crippen LogP) is 4.29. The smallest absolute Gasteiger partial charge is 0.288 e. The first-order valence-corrected chi connectivity index (χ1v) is 11.2. The van der Waals surface area contributed by atoms with E-state index in [0.717, 1.165) is 11.8 Å². The van der Waals surface area contributed by atoms with Gasteiger partial charge in [-0.25, -0.2) is 14.4 Å². The van der Waals surface area contributed by atoms with E-state index in [4.69, 9.17) is 9.47 Å². The van der Waals surface area contributed by atoms with E-state index < -0.39 is 11.4 Å². The summed E-state index contributed by atoms with van der Waals surface area (Å²) in [5.41, 5.74) is -0.504. The van der Waals surface area contributed by atoms with Gasteiger partial charge in [0.05, 0.1) is 23.1 Å². The van der Waals surface area contributed by atoms with Gasteiger partial charge in [-0.05, 0) is 49.9 Å². The zero-order valence-electron chi connectivity index (χ0n) is 17.5. The summed E-state index contributed by atoms with van der Waals surface area (Å²) in [6.45, 7) is 3.37. The van der Waals surface area contributed by atoms with Crippen LogP contribution in [0.3, 0.4) is 0 Å². The summed E-state index contributed by atoms with van der Waals surface area (Å²) in [6, 6.07) is 9.82. The zero-order valence-corrected chi connectivity index (χ0v) is 19.2. The second-order valence-electron chi connectivity index (χ2n) is 7.51. The number of benzene rings is 2. The number of methoxy groups -OCH3 is 1. The van der Waals surface area contributed by atoms with Crippen molar-refractivity contribution in [1.29, 1.82) is 0 Å². The second kappa shape index (κ2) is 8.89. The molecule has 0 bridgehead atoms. The molecule has 0 aliphatic carbocycles. The van der Waals surface area contributed by atoms with Gasteiger partial charge in [0.15, 0.2) is 20.9 Å². The fourth-order valence-electron chi connectivity index (χ4n) is 2.87. The number of halogens is 1. The first kappa shape index (κ1) is 22.3. The molecule has 0 radical (unpaired) electrons. The Morgan fingerprint density at radius 1 is 1.25 bits per heavy atom. The van der Waals surface area contributed by atoms with Crippen molar-refractivity contribution >= 4 is 33.3 Å². The van der Waals surface area contributed by atoms with Gasteiger partial charge in [-0.2, -0.15) is 0 Å². The van der Waals surface area contributed by atoms with Gasteiger partial charge in [-0.3, -0.25) is 9.36 Å². The molecule has 0 amide bonds.